The van der Waals surface area contributed by atoms with Gasteiger partial charge in [-0.15, -0.1) is 0 Å². The van der Waals surface area contributed by atoms with Gasteiger partial charge in [-0.3, -0.25) is 4.79 Å². The van der Waals surface area contributed by atoms with E-state index in [4.69, 9.17) is 4.74 Å². The summed E-state index contributed by atoms with van der Waals surface area (Å²) in [5.74, 6) is 0.783. The zero-order chi connectivity index (χ0) is 21.4. The summed E-state index contributed by atoms with van der Waals surface area (Å²) in [4.78, 5) is 17.0. The van der Waals surface area contributed by atoms with Crippen LogP contribution in [0.3, 0.4) is 0 Å². The topological polar surface area (TPSA) is 93.5 Å². The van der Waals surface area contributed by atoms with E-state index in [1.54, 1.807) is 19.2 Å². The first-order chi connectivity index (χ1) is 13.8. The van der Waals surface area contributed by atoms with Crippen LogP contribution in [-0.2, 0) is 32.5 Å². The molecule has 9 heteroatoms. The van der Waals surface area contributed by atoms with Gasteiger partial charge < -0.3 is 14.6 Å². The van der Waals surface area contributed by atoms with Gasteiger partial charge in [-0.1, -0.05) is 13.3 Å². The number of benzene rings is 1. The summed E-state index contributed by atoms with van der Waals surface area (Å²) in [5, 5.41) is 2.88. The molecule has 1 aromatic carbocycles. The van der Waals surface area contributed by atoms with E-state index in [-0.39, 0.29) is 10.8 Å². The SMILES string of the molecule is CCCCn1c(CCC(=O)NCCCOC)nc2cc(S(=O)(=O)N(C)C)ccc21. The predicted octanol–water partition coefficient (Wildman–Crippen LogP) is 2.17. The van der Waals surface area contributed by atoms with Gasteiger partial charge >= 0.3 is 0 Å². The van der Waals surface area contributed by atoms with Gasteiger partial charge in [-0.05, 0) is 31.0 Å². The summed E-state index contributed by atoms with van der Waals surface area (Å²) in [6.45, 7) is 4.11. The van der Waals surface area contributed by atoms with Crippen molar-refractivity contribution in [2.45, 2.75) is 50.5 Å². The van der Waals surface area contributed by atoms with Gasteiger partial charge in [0, 0.05) is 53.7 Å². The Morgan fingerprint density at radius 2 is 2.03 bits per heavy atom. The number of methoxy groups -OCH3 is 1. The molecule has 162 valence electrons. The number of sulfonamides is 1. The third kappa shape index (κ3) is 6.01. The first-order valence-electron chi connectivity index (χ1n) is 9.98. The average Bonchev–Trinajstić information content (AvgIpc) is 3.04. The molecule has 2 aromatic rings. The van der Waals surface area contributed by atoms with Crippen molar-refractivity contribution < 1.29 is 17.9 Å². The summed E-state index contributed by atoms with van der Waals surface area (Å²) >= 11 is 0. The number of hydrogen-bond donors (Lipinski definition) is 1. The molecule has 1 N–H and O–H groups in total. The molecule has 0 aliphatic carbocycles. The molecule has 0 atom stereocenters. The normalized spacial score (nSPS) is 12.0. The fourth-order valence-corrected chi connectivity index (χ4v) is 3.97. The van der Waals surface area contributed by atoms with Crippen LogP contribution in [-0.4, -0.2) is 62.5 Å². The highest BCUT2D eigenvalue weighted by Crippen LogP contribution is 2.23. The van der Waals surface area contributed by atoms with E-state index < -0.39 is 10.0 Å². The van der Waals surface area contributed by atoms with Gasteiger partial charge in [0.25, 0.3) is 0 Å². The second kappa shape index (κ2) is 10.7. The van der Waals surface area contributed by atoms with E-state index in [1.807, 2.05) is 6.07 Å². The number of nitrogens with zero attached hydrogens (tertiary/aromatic N) is 3. The number of fused-ring (bicyclic) bond motifs is 1. The van der Waals surface area contributed by atoms with E-state index >= 15 is 0 Å². The molecule has 1 aromatic heterocycles. The Morgan fingerprint density at radius 3 is 2.69 bits per heavy atom. The Labute approximate surface area is 173 Å². The van der Waals surface area contributed by atoms with E-state index in [9.17, 15) is 13.2 Å². The van der Waals surface area contributed by atoms with Gasteiger partial charge in [-0.25, -0.2) is 17.7 Å². The highest BCUT2D eigenvalue weighted by Gasteiger charge is 2.20. The molecule has 0 saturated carbocycles. The lowest BCUT2D eigenvalue weighted by atomic mass is 10.2. The minimum absolute atomic E-state index is 0.0222. The van der Waals surface area contributed by atoms with Crippen LogP contribution in [0.15, 0.2) is 23.1 Å². The number of nitrogens with one attached hydrogen (secondary N) is 1. The third-order valence-electron chi connectivity index (χ3n) is 4.74. The Kier molecular flexibility index (Phi) is 8.60. The van der Waals surface area contributed by atoms with Crippen LogP contribution in [0, 0.1) is 0 Å². The molecule has 0 bridgehead atoms. The molecule has 0 fully saturated rings. The second-order valence-electron chi connectivity index (χ2n) is 7.17. The molecular formula is C20H32N4O4S. The van der Waals surface area contributed by atoms with Crippen LogP contribution in [0.25, 0.3) is 11.0 Å². The van der Waals surface area contributed by atoms with Crippen molar-refractivity contribution >= 4 is 27.0 Å². The number of unbranched alkanes of at least 4 members (excludes halogenated alkanes) is 1. The number of aryl methyl sites for hydroxylation is 2. The van der Waals surface area contributed by atoms with E-state index in [0.717, 1.165) is 37.1 Å². The summed E-state index contributed by atoms with van der Waals surface area (Å²) in [6.07, 6.45) is 3.64. The summed E-state index contributed by atoms with van der Waals surface area (Å²) in [6, 6.07) is 5.04. The zero-order valence-electron chi connectivity index (χ0n) is 17.8. The van der Waals surface area contributed by atoms with Crippen molar-refractivity contribution in [2.24, 2.45) is 0 Å². The van der Waals surface area contributed by atoms with Gasteiger partial charge in [0.05, 0.1) is 15.9 Å². The number of aromatic nitrogens is 2. The second-order valence-corrected chi connectivity index (χ2v) is 9.32. The molecule has 1 heterocycles. The number of rotatable bonds is 12. The molecule has 2 rings (SSSR count). The standard InChI is InChI=1S/C20H32N4O4S/c1-5-6-13-24-18-9-8-16(29(26,27)23(2)3)15-17(18)22-19(24)10-11-20(25)21-12-7-14-28-4/h8-9,15H,5-7,10-14H2,1-4H3,(H,21,25). The van der Waals surface area contributed by atoms with Crippen LogP contribution in [0.5, 0.6) is 0 Å². The van der Waals surface area contributed by atoms with Crippen molar-refractivity contribution in [1.82, 2.24) is 19.2 Å². The molecule has 0 aliphatic heterocycles. The van der Waals surface area contributed by atoms with Gasteiger partial charge in [0.15, 0.2) is 0 Å². The zero-order valence-corrected chi connectivity index (χ0v) is 18.6. The Balaban J connectivity index is 2.22. The van der Waals surface area contributed by atoms with Crippen LogP contribution >= 0.6 is 0 Å². The molecule has 8 nitrogen and oxygen atoms in total. The highest BCUT2D eigenvalue weighted by molar-refractivity contribution is 7.89. The molecular weight excluding hydrogens is 392 g/mol. The maximum absolute atomic E-state index is 12.4. The van der Waals surface area contributed by atoms with E-state index in [2.05, 4.69) is 21.8 Å². The number of ether oxygens (including phenoxy) is 1. The lowest BCUT2D eigenvalue weighted by Gasteiger charge is -2.11. The van der Waals surface area contributed by atoms with E-state index in [0.29, 0.717) is 31.5 Å². The maximum atomic E-state index is 12.4. The lowest BCUT2D eigenvalue weighted by molar-refractivity contribution is -0.121. The number of hydrogen-bond acceptors (Lipinski definition) is 5. The van der Waals surface area contributed by atoms with Crippen LogP contribution in [0.2, 0.25) is 0 Å². The lowest BCUT2D eigenvalue weighted by Crippen LogP contribution is -2.25. The van der Waals surface area contributed by atoms with Gasteiger partial charge in [-0.2, -0.15) is 0 Å². The monoisotopic (exact) mass is 424 g/mol. The van der Waals surface area contributed by atoms with Crippen LogP contribution in [0.1, 0.15) is 38.4 Å². The molecule has 29 heavy (non-hydrogen) atoms. The summed E-state index contributed by atoms with van der Waals surface area (Å²) < 4.78 is 33.1. The quantitative estimate of drug-likeness (QED) is 0.527. The minimum Gasteiger partial charge on any atom is -0.385 e. The smallest absolute Gasteiger partial charge is 0.242 e. The first kappa shape index (κ1) is 23.3. The van der Waals surface area contributed by atoms with Gasteiger partial charge in [0.2, 0.25) is 15.9 Å². The van der Waals surface area contributed by atoms with Crippen molar-refractivity contribution in [3.63, 3.8) is 0 Å². The Bertz CT molecular complexity index is 922. The molecule has 0 unspecified atom stereocenters. The molecule has 0 saturated heterocycles. The maximum Gasteiger partial charge on any atom is 0.242 e. The number of amides is 1. The van der Waals surface area contributed by atoms with Crippen molar-refractivity contribution in [1.29, 1.82) is 0 Å². The van der Waals surface area contributed by atoms with Crippen molar-refractivity contribution in [2.75, 3.05) is 34.4 Å². The number of carbonyl (C=O) groups is 1. The highest BCUT2D eigenvalue weighted by atomic mass is 32.2. The van der Waals surface area contributed by atoms with Crippen LogP contribution < -0.4 is 5.32 Å². The summed E-state index contributed by atoms with van der Waals surface area (Å²) in [7, 11) is 1.14. The largest absolute Gasteiger partial charge is 0.385 e. The number of carbonyl (C=O) groups excluding carboxylic acids is 1. The predicted molar refractivity (Wildman–Crippen MR) is 113 cm³/mol. The average molecular weight is 425 g/mol. The van der Waals surface area contributed by atoms with Crippen molar-refractivity contribution in [3.05, 3.63) is 24.0 Å². The number of imidazole rings is 1. The molecule has 0 spiro atoms. The fourth-order valence-electron chi connectivity index (χ4n) is 3.05. The van der Waals surface area contributed by atoms with Gasteiger partial charge in [0.1, 0.15) is 5.82 Å². The van der Waals surface area contributed by atoms with Crippen molar-refractivity contribution in [3.8, 4) is 0 Å². The molecule has 1 amide bonds. The third-order valence-corrected chi connectivity index (χ3v) is 6.55. The summed E-state index contributed by atoms with van der Waals surface area (Å²) in [5.41, 5.74) is 1.53. The molecule has 0 radical (unpaired) electrons. The fraction of sp³-hybridized carbons (Fsp3) is 0.600. The first-order valence-corrected chi connectivity index (χ1v) is 11.4. The Hall–Kier alpha value is -1.97. The van der Waals surface area contributed by atoms with E-state index in [1.165, 1.54) is 18.4 Å². The minimum atomic E-state index is -3.52. The van der Waals surface area contributed by atoms with Crippen LogP contribution in [0.4, 0.5) is 0 Å². The molecule has 0 aliphatic rings. The Morgan fingerprint density at radius 1 is 1.28 bits per heavy atom.